The molecule has 3 aromatic rings. The standard InChI is InChI=1S/C14H14N4O3/c1-2-3-6-20-9-4-5-10-12(7-9)21-8-11(13(10)19)14-15-17-18-16-14/h4-5,7-8H,2-3,6H2,1H3,(H,15,16,17,18). The molecule has 1 N–H and O–H groups in total. The molecule has 7 nitrogen and oxygen atoms in total. The first-order chi connectivity index (χ1) is 10.3. The predicted octanol–water partition coefficient (Wildman–Crippen LogP) is 2.15. The highest BCUT2D eigenvalue weighted by molar-refractivity contribution is 5.81. The molecule has 3 rings (SSSR count). The molecule has 0 saturated carbocycles. The minimum Gasteiger partial charge on any atom is -0.493 e. The number of fused-ring (bicyclic) bond motifs is 1. The first-order valence-electron chi connectivity index (χ1n) is 6.71. The van der Waals surface area contributed by atoms with Gasteiger partial charge in [0.05, 0.1) is 12.0 Å². The minimum atomic E-state index is -0.197. The van der Waals surface area contributed by atoms with Gasteiger partial charge in [0.2, 0.25) is 11.3 Å². The van der Waals surface area contributed by atoms with Gasteiger partial charge in [-0.1, -0.05) is 13.3 Å². The van der Waals surface area contributed by atoms with Crippen LogP contribution in [0.2, 0.25) is 0 Å². The SMILES string of the molecule is CCCCOc1ccc2c(=O)c(-c3nn[nH]n3)coc2c1. The molecule has 0 radical (unpaired) electrons. The molecule has 7 heteroatoms. The maximum absolute atomic E-state index is 12.4. The van der Waals surface area contributed by atoms with Gasteiger partial charge >= 0.3 is 0 Å². The van der Waals surface area contributed by atoms with Crippen LogP contribution in [-0.2, 0) is 0 Å². The highest BCUT2D eigenvalue weighted by Crippen LogP contribution is 2.21. The normalized spacial score (nSPS) is 10.9. The Kier molecular flexibility index (Phi) is 3.63. The van der Waals surface area contributed by atoms with Gasteiger partial charge in [0.15, 0.2) is 0 Å². The number of H-pyrrole nitrogens is 1. The summed E-state index contributed by atoms with van der Waals surface area (Å²) in [7, 11) is 0. The fraction of sp³-hybridized carbons (Fsp3) is 0.286. The number of nitrogens with zero attached hydrogens (tertiary/aromatic N) is 3. The molecule has 0 atom stereocenters. The van der Waals surface area contributed by atoms with E-state index in [9.17, 15) is 4.79 Å². The molecule has 21 heavy (non-hydrogen) atoms. The van der Waals surface area contributed by atoms with Crippen molar-refractivity contribution in [3.63, 3.8) is 0 Å². The van der Waals surface area contributed by atoms with Gasteiger partial charge in [0.1, 0.15) is 23.2 Å². The number of aromatic amines is 1. The summed E-state index contributed by atoms with van der Waals surface area (Å²) in [4.78, 5) is 12.4. The third-order valence-electron chi connectivity index (χ3n) is 3.10. The number of hydrogen-bond donors (Lipinski definition) is 1. The zero-order chi connectivity index (χ0) is 14.7. The van der Waals surface area contributed by atoms with E-state index in [1.54, 1.807) is 18.2 Å². The topological polar surface area (TPSA) is 93.9 Å². The maximum atomic E-state index is 12.4. The van der Waals surface area contributed by atoms with Crippen molar-refractivity contribution in [1.29, 1.82) is 0 Å². The Hall–Kier alpha value is -2.70. The zero-order valence-electron chi connectivity index (χ0n) is 11.5. The van der Waals surface area contributed by atoms with Crippen molar-refractivity contribution in [1.82, 2.24) is 20.6 Å². The summed E-state index contributed by atoms with van der Waals surface area (Å²) >= 11 is 0. The summed E-state index contributed by atoms with van der Waals surface area (Å²) in [5.74, 6) is 0.903. The summed E-state index contributed by atoms with van der Waals surface area (Å²) in [6.45, 7) is 2.75. The van der Waals surface area contributed by atoms with Crippen LogP contribution in [-0.4, -0.2) is 27.2 Å². The van der Waals surface area contributed by atoms with Crippen molar-refractivity contribution >= 4 is 11.0 Å². The average Bonchev–Trinajstić information content (AvgIpc) is 3.02. The lowest BCUT2D eigenvalue weighted by Crippen LogP contribution is -2.06. The van der Waals surface area contributed by atoms with Gasteiger partial charge in [-0.05, 0) is 23.8 Å². The maximum Gasteiger partial charge on any atom is 0.211 e. The van der Waals surface area contributed by atoms with E-state index in [1.807, 2.05) is 0 Å². The Morgan fingerprint density at radius 2 is 2.29 bits per heavy atom. The van der Waals surface area contributed by atoms with Crippen molar-refractivity contribution in [3.05, 3.63) is 34.7 Å². The number of ether oxygens (including phenoxy) is 1. The average molecular weight is 286 g/mol. The van der Waals surface area contributed by atoms with Crippen LogP contribution in [0.25, 0.3) is 22.4 Å². The zero-order valence-corrected chi connectivity index (χ0v) is 11.5. The van der Waals surface area contributed by atoms with Crippen LogP contribution in [0, 0.1) is 0 Å². The molecule has 0 aliphatic rings. The predicted molar refractivity (Wildman–Crippen MR) is 76.1 cm³/mol. The quantitative estimate of drug-likeness (QED) is 0.722. The van der Waals surface area contributed by atoms with E-state index in [1.165, 1.54) is 6.26 Å². The van der Waals surface area contributed by atoms with Crippen LogP contribution in [0.1, 0.15) is 19.8 Å². The van der Waals surface area contributed by atoms with E-state index in [0.717, 1.165) is 12.8 Å². The third-order valence-corrected chi connectivity index (χ3v) is 3.10. The Labute approximate surface area is 119 Å². The van der Waals surface area contributed by atoms with Crippen LogP contribution < -0.4 is 10.2 Å². The van der Waals surface area contributed by atoms with Crippen LogP contribution in [0.3, 0.4) is 0 Å². The Bertz CT molecular complexity index is 796. The van der Waals surface area contributed by atoms with E-state index in [4.69, 9.17) is 9.15 Å². The molecular formula is C14H14N4O3. The van der Waals surface area contributed by atoms with Crippen molar-refractivity contribution in [2.24, 2.45) is 0 Å². The minimum absolute atomic E-state index is 0.197. The van der Waals surface area contributed by atoms with E-state index in [0.29, 0.717) is 23.3 Å². The van der Waals surface area contributed by atoms with E-state index in [-0.39, 0.29) is 16.8 Å². The fourth-order valence-electron chi connectivity index (χ4n) is 1.96. The van der Waals surface area contributed by atoms with Crippen molar-refractivity contribution in [2.45, 2.75) is 19.8 Å². The van der Waals surface area contributed by atoms with Gasteiger partial charge in [-0.15, -0.1) is 10.2 Å². The summed E-state index contributed by atoms with van der Waals surface area (Å²) in [6, 6.07) is 5.16. The van der Waals surface area contributed by atoms with Gasteiger partial charge in [0.25, 0.3) is 0 Å². The van der Waals surface area contributed by atoms with Gasteiger partial charge in [-0.25, -0.2) is 0 Å². The molecule has 0 aliphatic carbocycles. The second-order valence-corrected chi connectivity index (χ2v) is 4.57. The molecule has 0 amide bonds. The second-order valence-electron chi connectivity index (χ2n) is 4.57. The number of hydrogen-bond acceptors (Lipinski definition) is 6. The lowest BCUT2D eigenvalue weighted by atomic mass is 10.1. The lowest BCUT2D eigenvalue weighted by molar-refractivity contribution is 0.309. The third kappa shape index (κ3) is 2.62. The molecule has 108 valence electrons. The number of tetrazole rings is 1. The molecule has 0 saturated heterocycles. The molecule has 2 aromatic heterocycles. The molecular weight excluding hydrogens is 272 g/mol. The smallest absolute Gasteiger partial charge is 0.211 e. The summed E-state index contributed by atoms with van der Waals surface area (Å²) in [5.41, 5.74) is 0.551. The number of aromatic nitrogens is 4. The monoisotopic (exact) mass is 286 g/mol. The summed E-state index contributed by atoms with van der Waals surface area (Å²) < 4.78 is 11.1. The highest BCUT2D eigenvalue weighted by Gasteiger charge is 2.13. The van der Waals surface area contributed by atoms with Gasteiger partial charge < -0.3 is 9.15 Å². The number of benzene rings is 1. The number of nitrogens with one attached hydrogen (secondary N) is 1. The Balaban J connectivity index is 1.98. The molecule has 2 heterocycles. The highest BCUT2D eigenvalue weighted by atomic mass is 16.5. The van der Waals surface area contributed by atoms with Crippen LogP contribution in [0.15, 0.2) is 33.7 Å². The first-order valence-corrected chi connectivity index (χ1v) is 6.71. The first kappa shape index (κ1) is 13.3. The van der Waals surface area contributed by atoms with E-state index in [2.05, 4.69) is 27.5 Å². The Morgan fingerprint density at radius 3 is 3.05 bits per heavy atom. The second kappa shape index (κ2) is 5.74. The Morgan fingerprint density at radius 1 is 1.38 bits per heavy atom. The molecule has 0 unspecified atom stereocenters. The van der Waals surface area contributed by atoms with Gasteiger partial charge in [-0.2, -0.15) is 5.21 Å². The van der Waals surface area contributed by atoms with E-state index < -0.39 is 0 Å². The largest absolute Gasteiger partial charge is 0.493 e. The van der Waals surface area contributed by atoms with Crippen LogP contribution >= 0.6 is 0 Å². The van der Waals surface area contributed by atoms with Gasteiger partial charge in [0, 0.05) is 6.07 Å². The molecule has 0 aliphatic heterocycles. The molecule has 0 spiro atoms. The number of unbranched alkanes of at least 4 members (excludes halogenated alkanes) is 1. The van der Waals surface area contributed by atoms with Gasteiger partial charge in [-0.3, -0.25) is 4.79 Å². The molecule has 0 bridgehead atoms. The molecule has 0 fully saturated rings. The number of rotatable bonds is 5. The van der Waals surface area contributed by atoms with E-state index >= 15 is 0 Å². The lowest BCUT2D eigenvalue weighted by Gasteiger charge is -2.06. The van der Waals surface area contributed by atoms with Crippen LogP contribution in [0.4, 0.5) is 0 Å². The fourth-order valence-corrected chi connectivity index (χ4v) is 1.96. The van der Waals surface area contributed by atoms with Crippen LogP contribution in [0.5, 0.6) is 5.75 Å². The summed E-state index contributed by atoms with van der Waals surface area (Å²) in [6.07, 6.45) is 3.39. The van der Waals surface area contributed by atoms with Crippen molar-refractivity contribution in [3.8, 4) is 17.1 Å². The summed E-state index contributed by atoms with van der Waals surface area (Å²) in [5, 5.41) is 13.8. The van der Waals surface area contributed by atoms with Crippen molar-refractivity contribution in [2.75, 3.05) is 6.61 Å². The molecule has 1 aromatic carbocycles. The van der Waals surface area contributed by atoms with Crippen molar-refractivity contribution < 1.29 is 9.15 Å².